The molecule has 11 heteroatoms. The van der Waals surface area contributed by atoms with Crippen LogP contribution in [-0.4, -0.2) is 50.4 Å². The molecule has 1 saturated carbocycles. The summed E-state index contributed by atoms with van der Waals surface area (Å²) in [6, 6.07) is 16.9. The Labute approximate surface area is 251 Å². The SMILES string of the molecule is CCOc1ccc(N(CC(=O)N(Cc2ccccc2F)C(C)C(=O)NC2CCCC2)S(=O)(=O)c2ccc(Cl)cc2)cc1. The van der Waals surface area contributed by atoms with Gasteiger partial charge in [0.15, 0.2) is 0 Å². The number of carbonyl (C=O) groups excluding carboxylic acids is 2. The van der Waals surface area contributed by atoms with Crippen molar-refractivity contribution in [2.45, 2.75) is 63.1 Å². The fourth-order valence-corrected chi connectivity index (χ4v) is 6.46. The van der Waals surface area contributed by atoms with Gasteiger partial charge >= 0.3 is 0 Å². The Morgan fingerprint density at radius 1 is 1.02 bits per heavy atom. The molecule has 1 fully saturated rings. The minimum Gasteiger partial charge on any atom is -0.494 e. The predicted molar refractivity (Wildman–Crippen MR) is 160 cm³/mol. The van der Waals surface area contributed by atoms with Gasteiger partial charge in [-0.3, -0.25) is 13.9 Å². The molecule has 0 spiro atoms. The molecule has 1 atom stereocenters. The summed E-state index contributed by atoms with van der Waals surface area (Å²) in [6.45, 7) is 2.98. The highest BCUT2D eigenvalue weighted by atomic mass is 35.5. The van der Waals surface area contributed by atoms with Crippen molar-refractivity contribution in [2.24, 2.45) is 0 Å². The summed E-state index contributed by atoms with van der Waals surface area (Å²) in [5, 5.41) is 3.35. The predicted octanol–water partition coefficient (Wildman–Crippen LogP) is 5.55. The van der Waals surface area contributed by atoms with E-state index in [1.54, 1.807) is 37.3 Å². The molecule has 42 heavy (non-hydrogen) atoms. The largest absolute Gasteiger partial charge is 0.494 e. The van der Waals surface area contributed by atoms with Crippen molar-refractivity contribution >= 4 is 39.1 Å². The van der Waals surface area contributed by atoms with Gasteiger partial charge in [0.2, 0.25) is 11.8 Å². The number of anilines is 1. The van der Waals surface area contributed by atoms with Crippen LogP contribution >= 0.6 is 11.6 Å². The number of hydrogen-bond acceptors (Lipinski definition) is 5. The Morgan fingerprint density at radius 2 is 1.67 bits per heavy atom. The van der Waals surface area contributed by atoms with Crippen LogP contribution in [0.25, 0.3) is 0 Å². The van der Waals surface area contributed by atoms with E-state index in [1.165, 1.54) is 47.4 Å². The van der Waals surface area contributed by atoms with Gasteiger partial charge in [-0.1, -0.05) is 42.6 Å². The third-order valence-corrected chi connectivity index (χ3v) is 9.32. The first-order chi connectivity index (χ1) is 20.1. The summed E-state index contributed by atoms with van der Waals surface area (Å²) >= 11 is 5.99. The summed E-state index contributed by atoms with van der Waals surface area (Å²) in [4.78, 5) is 28.4. The normalized spacial score (nSPS) is 14.3. The minimum atomic E-state index is -4.26. The first-order valence-electron chi connectivity index (χ1n) is 13.9. The number of sulfonamides is 1. The number of nitrogens with zero attached hydrogens (tertiary/aromatic N) is 2. The first kappa shape index (κ1) is 31.3. The zero-order valence-corrected chi connectivity index (χ0v) is 25.2. The molecule has 0 heterocycles. The monoisotopic (exact) mass is 615 g/mol. The fraction of sp³-hybridized carbons (Fsp3) is 0.355. The van der Waals surface area contributed by atoms with Crippen molar-refractivity contribution in [1.29, 1.82) is 0 Å². The van der Waals surface area contributed by atoms with Gasteiger partial charge in [-0.15, -0.1) is 0 Å². The van der Waals surface area contributed by atoms with Crippen molar-refractivity contribution in [3.63, 3.8) is 0 Å². The van der Waals surface area contributed by atoms with Gasteiger partial charge in [-0.05, 0) is 81.3 Å². The molecule has 0 saturated heterocycles. The van der Waals surface area contributed by atoms with Gasteiger partial charge in [0.25, 0.3) is 10.0 Å². The molecule has 2 amide bonds. The number of nitrogens with one attached hydrogen (secondary N) is 1. The molecular weight excluding hydrogens is 581 g/mol. The second kappa shape index (κ2) is 14.0. The van der Waals surface area contributed by atoms with Gasteiger partial charge in [-0.2, -0.15) is 0 Å². The average Bonchev–Trinajstić information content (AvgIpc) is 3.49. The van der Waals surface area contributed by atoms with Crippen LogP contribution in [0.4, 0.5) is 10.1 Å². The van der Waals surface area contributed by atoms with Crippen LogP contribution in [-0.2, 0) is 26.2 Å². The summed E-state index contributed by atoms with van der Waals surface area (Å²) in [5.74, 6) is -1.04. The second-order valence-electron chi connectivity index (χ2n) is 10.2. The number of carbonyl (C=O) groups is 2. The lowest BCUT2D eigenvalue weighted by Crippen LogP contribution is -2.52. The van der Waals surface area contributed by atoms with Crippen LogP contribution in [0.2, 0.25) is 5.02 Å². The highest BCUT2D eigenvalue weighted by Crippen LogP contribution is 2.28. The van der Waals surface area contributed by atoms with Gasteiger partial charge in [0.1, 0.15) is 24.2 Å². The molecule has 1 N–H and O–H groups in total. The lowest BCUT2D eigenvalue weighted by Gasteiger charge is -2.32. The fourth-order valence-electron chi connectivity index (χ4n) is 4.92. The topological polar surface area (TPSA) is 96.0 Å². The Bertz CT molecular complexity index is 1480. The molecule has 1 aliphatic carbocycles. The van der Waals surface area contributed by atoms with E-state index >= 15 is 0 Å². The molecule has 0 radical (unpaired) electrons. The highest BCUT2D eigenvalue weighted by molar-refractivity contribution is 7.92. The van der Waals surface area contributed by atoms with E-state index in [0.29, 0.717) is 17.4 Å². The maximum Gasteiger partial charge on any atom is 0.264 e. The van der Waals surface area contributed by atoms with Crippen LogP contribution in [0.5, 0.6) is 5.75 Å². The van der Waals surface area contributed by atoms with Gasteiger partial charge in [0, 0.05) is 23.2 Å². The van der Waals surface area contributed by atoms with Crippen molar-refractivity contribution in [3.8, 4) is 5.75 Å². The van der Waals surface area contributed by atoms with Crippen molar-refractivity contribution < 1.29 is 27.1 Å². The van der Waals surface area contributed by atoms with Crippen LogP contribution in [0, 0.1) is 5.82 Å². The molecule has 4 rings (SSSR count). The lowest BCUT2D eigenvalue weighted by atomic mass is 10.1. The second-order valence-corrected chi connectivity index (χ2v) is 12.5. The number of ether oxygens (including phenoxy) is 1. The van der Waals surface area contributed by atoms with Crippen molar-refractivity contribution in [3.05, 3.63) is 89.2 Å². The maximum absolute atomic E-state index is 14.7. The first-order valence-corrected chi connectivity index (χ1v) is 15.8. The number of benzene rings is 3. The molecule has 8 nitrogen and oxygen atoms in total. The summed E-state index contributed by atoms with van der Waals surface area (Å²) in [7, 11) is -4.26. The summed E-state index contributed by atoms with van der Waals surface area (Å²) in [5.41, 5.74) is 0.426. The zero-order chi connectivity index (χ0) is 30.3. The number of halogens is 2. The number of hydrogen-bond donors (Lipinski definition) is 1. The Morgan fingerprint density at radius 3 is 2.29 bits per heavy atom. The van der Waals surface area contributed by atoms with Crippen LogP contribution < -0.4 is 14.4 Å². The molecule has 0 bridgehead atoms. The third-order valence-electron chi connectivity index (χ3n) is 7.28. The zero-order valence-electron chi connectivity index (χ0n) is 23.6. The molecule has 0 aliphatic heterocycles. The molecule has 3 aromatic rings. The Balaban J connectivity index is 1.69. The van der Waals surface area contributed by atoms with E-state index in [1.807, 2.05) is 6.92 Å². The minimum absolute atomic E-state index is 0.0102. The van der Waals surface area contributed by atoms with Crippen LogP contribution in [0.3, 0.4) is 0 Å². The van der Waals surface area contributed by atoms with Crippen LogP contribution in [0.15, 0.2) is 77.7 Å². The quantitative estimate of drug-likeness (QED) is 0.288. The highest BCUT2D eigenvalue weighted by Gasteiger charge is 2.33. The summed E-state index contributed by atoms with van der Waals surface area (Å²) in [6.07, 6.45) is 3.72. The van der Waals surface area contributed by atoms with Gasteiger partial charge in [0.05, 0.1) is 17.2 Å². The lowest BCUT2D eigenvalue weighted by molar-refractivity contribution is -0.139. The smallest absolute Gasteiger partial charge is 0.264 e. The van der Waals surface area contributed by atoms with Crippen molar-refractivity contribution in [1.82, 2.24) is 10.2 Å². The van der Waals surface area contributed by atoms with Gasteiger partial charge in [-0.25, -0.2) is 12.8 Å². The third kappa shape index (κ3) is 7.60. The van der Waals surface area contributed by atoms with Crippen molar-refractivity contribution in [2.75, 3.05) is 17.5 Å². The number of amides is 2. The standard InChI is InChI=1S/C31H35ClFN3O5S/c1-3-41-27-16-14-26(15-17-27)36(42(39,40)28-18-12-24(32)13-19-28)21-30(37)35(20-23-8-4-7-11-29(23)33)22(2)31(38)34-25-9-5-6-10-25/h4,7-8,11-19,22,25H,3,5-6,9-10,20-21H2,1-2H3,(H,34,38). The van der Waals surface area contributed by atoms with E-state index in [-0.39, 0.29) is 34.6 Å². The van der Waals surface area contributed by atoms with Gasteiger partial charge < -0.3 is 15.0 Å². The molecule has 0 aromatic heterocycles. The molecular formula is C31H35ClFN3O5S. The van der Waals surface area contributed by atoms with E-state index in [9.17, 15) is 22.4 Å². The Hall–Kier alpha value is -3.63. The van der Waals surface area contributed by atoms with Crippen LogP contribution in [0.1, 0.15) is 45.1 Å². The molecule has 224 valence electrons. The van der Waals surface area contributed by atoms with E-state index in [4.69, 9.17) is 16.3 Å². The van der Waals surface area contributed by atoms with E-state index < -0.39 is 34.3 Å². The molecule has 3 aromatic carbocycles. The Kier molecular flexibility index (Phi) is 10.5. The maximum atomic E-state index is 14.7. The summed E-state index contributed by atoms with van der Waals surface area (Å²) < 4.78 is 49.0. The molecule has 1 unspecified atom stereocenters. The number of rotatable bonds is 12. The van der Waals surface area contributed by atoms with E-state index in [2.05, 4.69) is 5.32 Å². The van der Waals surface area contributed by atoms with E-state index in [0.717, 1.165) is 30.0 Å². The average molecular weight is 616 g/mol. The molecule has 1 aliphatic rings.